The van der Waals surface area contributed by atoms with Gasteiger partial charge in [0.05, 0.1) is 4.47 Å². The number of hydrogen-bond donors (Lipinski definition) is 2. The highest BCUT2D eigenvalue weighted by Crippen LogP contribution is 2.38. The number of thiophene rings is 1. The summed E-state index contributed by atoms with van der Waals surface area (Å²) in [5.74, 6) is 1.07. The predicted octanol–water partition coefficient (Wildman–Crippen LogP) is 5.24. The average molecular weight is 366 g/mol. The molecular formula is C17H20BrNOS. The molecule has 1 atom stereocenters. The van der Waals surface area contributed by atoms with Crippen molar-refractivity contribution in [2.75, 3.05) is 0 Å². The van der Waals surface area contributed by atoms with Gasteiger partial charge in [0, 0.05) is 23.0 Å². The summed E-state index contributed by atoms with van der Waals surface area (Å²) in [5.41, 5.74) is 0.948. The van der Waals surface area contributed by atoms with E-state index in [0.717, 1.165) is 16.0 Å². The van der Waals surface area contributed by atoms with Crippen LogP contribution in [0.2, 0.25) is 0 Å². The van der Waals surface area contributed by atoms with Gasteiger partial charge in [-0.1, -0.05) is 31.0 Å². The maximum atomic E-state index is 10.1. The first kappa shape index (κ1) is 15.1. The lowest BCUT2D eigenvalue weighted by Crippen LogP contribution is -2.26. The fraction of sp³-hybridized carbons (Fsp3) is 0.412. The van der Waals surface area contributed by atoms with Crippen molar-refractivity contribution in [3.05, 3.63) is 50.6 Å². The van der Waals surface area contributed by atoms with Gasteiger partial charge in [-0.25, -0.2) is 0 Å². The van der Waals surface area contributed by atoms with E-state index < -0.39 is 0 Å². The van der Waals surface area contributed by atoms with Crippen molar-refractivity contribution in [3.8, 4) is 5.75 Å². The first-order valence-electron chi connectivity index (χ1n) is 7.49. The maximum absolute atomic E-state index is 10.1. The highest BCUT2D eigenvalue weighted by molar-refractivity contribution is 9.10. The van der Waals surface area contributed by atoms with Gasteiger partial charge in [0.2, 0.25) is 0 Å². The number of para-hydroxylation sites is 1. The summed E-state index contributed by atoms with van der Waals surface area (Å²) in [6.45, 7) is 0.699. The molecule has 2 N–H and O–H groups in total. The van der Waals surface area contributed by atoms with E-state index >= 15 is 0 Å². The van der Waals surface area contributed by atoms with Gasteiger partial charge in [0.15, 0.2) is 0 Å². The number of hydrogen-bond acceptors (Lipinski definition) is 3. The SMILES string of the molecule is Oc1c(Br)cccc1CNC(c1cccs1)C1CCCC1. The van der Waals surface area contributed by atoms with E-state index in [9.17, 15) is 5.11 Å². The molecule has 4 heteroatoms. The molecule has 1 aliphatic carbocycles. The second-order valence-electron chi connectivity index (χ2n) is 5.67. The summed E-state index contributed by atoms with van der Waals surface area (Å²) in [6, 6.07) is 10.6. The average Bonchev–Trinajstić information content (AvgIpc) is 3.17. The van der Waals surface area contributed by atoms with Crippen LogP contribution in [-0.2, 0) is 6.54 Å². The molecule has 2 nitrogen and oxygen atoms in total. The van der Waals surface area contributed by atoms with Gasteiger partial charge in [-0.05, 0) is 52.2 Å². The Morgan fingerprint density at radius 3 is 2.76 bits per heavy atom. The van der Waals surface area contributed by atoms with Gasteiger partial charge < -0.3 is 10.4 Å². The van der Waals surface area contributed by atoms with Crippen molar-refractivity contribution in [3.63, 3.8) is 0 Å². The van der Waals surface area contributed by atoms with Crippen LogP contribution in [0.1, 0.15) is 42.2 Å². The lowest BCUT2D eigenvalue weighted by Gasteiger charge is -2.24. The summed E-state index contributed by atoms with van der Waals surface area (Å²) < 4.78 is 0.760. The van der Waals surface area contributed by atoms with Gasteiger partial charge in [-0.2, -0.15) is 0 Å². The third-order valence-corrected chi connectivity index (χ3v) is 5.90. The van der Waals surface area contributed by atoms with Crippen LogP contribution in [0.4, 0.5) is 0 Å². The van der Waals surface area contributed by atoms with Gasteiger partial charge in [0.25, 0.3) is 0 Å². The molecule has 3 rings (SSSR count). The fourth-order valence-corrected chi connectivity index (χ4v) is 4.48. The highest BCUT2D eigenvalue weighted by Gasteiger charge is 2.26. The Balaban J connectivity index is 1.74. The second-order valence-corrected chi connectivity index (χ2v) is 7.50. The zero-order chi connectivity index (χ0) is 14.7. The van der Waals surface area contributed by atoms with Crippen LogP contribution in [0.3, 0.4) is 0 Å². The largest absolute Gasteiger partial charge is 0.506 e. The molecule has 1 aromatic carbocycles. The first-order valence-corrected chi connectivity index (χ1v) is 9.16. The number of phenols is 1. The number of benzene rings is 1. The molecule has 1 unspecified atom stereocenters. The Morgan fingerprint density at radius 2 is 2.05 bits per heavy atom. The predicted molar refractivity (Wildman–Crippen MR) is 91.7 cm³/mol. The second kappa shape index (κ2) is 6.95. The van der Waals surface area contributed by atoms with Crippen LogP contribution in [0.15, 0.2) is 40.2 Å². The minimum absolute atomic E-state index is 0.348. The van der Waals surface area contributed by atoms with Gasteiger partial charge in [-0.3, -0.25) is 0 Å². The van der Waals surface area contributed by atoms with Crippen LogP contribution < -0.4 is 5.32 Å². The molecule has 2 aromatic rings. The van der Waals surface area contributed by atoms with E-state index in [1.54, 1.807) is 0 Å². The van der Waals surface area contributed by atoms with E-state index in [2.05, 4.69) is 38.8 Å². The zero-order valence-corrected chi connectivity index (χ0v) is 14.3. The molecule has 21 heavy (non-hydrogen) atoms. The van der Waals surface area contributed by atoms with Crippen molar-refractivity contribution in [1.29, 1.82) is 0 Å². The summed E-state index contributed by atoms with van der Waals surface area (Å²) in [6.07, 6.45) is 5.30. The van der Waals surface area contributed by atoms with Gasteiger partial charge in [-0.15, -0.1) is 11.3 Å². The van der Waals surface area contributed by atoms with Crippen LogP contribution >= 0.6 is 27.3 Å². The van der Waals surface area contributed by atoms with E-state index in [-0.39, 0.29) is 0 Å². The summed E-state index contributed by atoms with van der Waals surface area (Å²) in [4.78, 5) is 1.41. The molecular weight excluding hydrogens is 346 g/mol. The Bertz CT molecular complexity index is 578. The molecule has 1 saturated carbocycles. The van der Waals surface area contributed by atoms with E-state index in [1.165, 1.54) is 30.6 Å². The lowest BCUT2D eigenvalue weighted by atomic mass is 9.96. The minimum atomic E-state index is 0.348. The molecule has 1 heterocycles. The molecule has 1 aliphatic rings. The van der Waals surface area contributed by atoms with E-state index in [0.29, 0.717) is 18.3 Å². The lowest BCUT2D eigenvalue weighted by molar-refractivity contribution is 0.367. The van der Waals surface area contributed by atoms with Crippen LogP contribution in [0, 0.1) is 5.92 Å². The molecule has 1 fully saturated rings. The molecule has 0 amide bonds. The molecule has 0 spiro atoms. The number of rotatable bonds is 5. The fourth-order valence-electron chi connectivity index (χ4n) is 3.18. The highest BCUT2D eigenvalue weighted by atomic mass is 79.9. The normalized spacial score (nSPS) is 17.2. The molecule has 1 aromatic heterocycles. The third kappa shape index (κ3) is 3.50. The van der Waals surface area contributed by atoms with Crippen molar-refractivity contribution >= 4 is 27.3 Å². The summed E-state index contributed by atoms with van der Waals surface area (Å²) >= 11 is 5.21. The first-order chi connectivity index (χ1) is 10.3. The maximum Gasteiger partial charge on any atom is 0.134 e. The Morgan fingerprint density at radius 1 is 1.24 bits per heavy atom. The smallest absolute Gasteiger partial charge is 0.134 e. The van der Waals surface area contributed by atoms with E-state index in [1.807, 2.05) is 29.5 Å². The standard InChI is InChI=1S/C17H20BrNOS/c18-14-8-3-7-13(17(14)20)11-19-16(12-5-1-2-6-12)15-9-4-10-21-15/h3-4,7-10,12,16,19-20H,1-2,5-6,11H2. The number of halogens is 1. The number of aromatic hydroxyl groups is 1. The molecule has 112 valence electrons. The zero-order valence-electron chi connectivity index (χ0n) is 11.9. The summed E-state index contributed by atoms with van der Waals surface area (Å²) in [7, 11) is 0. The third-order valence-electron chi connectivity index (χ3n) is 4.30. The molecule has 0 bridgehead atoms. The van der Waals surface area contributed by atoms with E-state index in [4.69, 9.17) is 0 Å². The minimum Gasteiger partial charge on any atom is -0.506 e. The van der Waals surface area contributed by atoms with Crippen molar-refractivity contribution in [2.45, 2.75) is 38.3 Å². The van der Waals surface area contributed by atoms with Crippen LogP contribution in [0.25, 0.3) is 0 Å². The Kier molecular flexibility index (Phi) is 4.99. The number of phenolic OH excluding ortho intramolecular Hbond substituents is 1. The van der Waals surface area contributed by atoms with Crippen molar-refractivity contribution < 1.29 is 5.11 Å². The molecule has 0 saturated heterocycles. The Labute approximate surface area is 138 Å². The van der Waals surface area contributed by atoms with Crippen LogP contribution in [0.5, 0.6) is 5.75 Å². The van der Waals surface area contributed by atoms with Gasteiger partial charge >= 0.3 is 0 Å². The van der Waals surface area contributed by atoms with Gasteiger partial charge in [0.1, 0.15) is 5.75 Å². The monoisotopic (exact) mass is 365 g/mol. The topological polar surface area (TPSA) is 32.3 Å². The number of nitrogens with one attached hydrogen (secondary N) is 1. The van der Waals surface area contributed by atoms with Crippen molar-refractivity contribution in [2.24, 2.45) is 5.92 Å². The van der Waals surface area contributed by atoms with Crippen molar-refractivity contribution in [1.82, 2.24) is 5.32 Å². The summed E-state index contributed by atoms with van der Waals surface area (Å²) in [5, 5.41) is 15.9. The molecule has 0 radical (unpaired) electrons. The molecule has 0 aliphatic heterocycles. The Hall–Kier alpha value is -0.840. The quantitative estimate of drug-likeness (QED) is 0.759. The van der Waals surface area contributed by atoms with Crippen LogP contribution in [-0.4, -0.2) is 5.11 Å².